The van der Waals surface area contributed by atoms with Gasteiger partial charge in [-0.05, 0) is 32.9 Å². The Morgan fingerprint density at radius 3 is 2.21 bits per heavy atom. The van der Waals surface area contributed by atoms with Crippen LogP contribution in [-0.2, 0) is 14.6 Å². The molecule has 0 bridgehead atoms. The minimum atomic E-state index is -4.07. The Morgan fingerprint density at radius 1 is 1.26 bits per heavy atom. The number of rotatable bonds is 2. The Kier molecular flexibility index (Phi) is 3.62. The molecule has 1 heterocycles. The van der Waals surface area contributed by atoms with Gasteiger partial charge in [0.25, 0.3) is 10.0 Å². The van der Waals surface area contributed by atoms with E-state index in [1.165, 1.54) is 12.1 Å². The Balaban J connectivity index is 2.50. The van der Waals surface area contributed by atoms with E-state index in [0.29, 0.717) is 4.08 Å². The molecular weight excluding hydrogens is 287 g/mol. The Morgan fingerprint density at radius 2 is 1.79 bits per heavy atom. The third kappa shape index (κ3) is 2.49. The van der Waals surface area contributed by atoms with Crippen LogP contribution in [0.25, 0.3) is 0 Å². The van der Waals surface area contributed by atoms with Gasteiger partial charge in [0, 0.05) is 12.1 Å². The number of hydrogen-bond acceptors (Lipinski definition) is 3. The van der Waals surface area contributed by atoms with E-state index < -0.39 is 23.7 Å². The van der Waals surface area contributed by atoms with Crippen LogP contribution < -0.4 is 5.09 Å². The normalized spacial score (nSPS) is 32.6. The second-order valence-electron chi connectivity index (χ2n) is 4.79. The van der Waals surface area contributed by atoms with Gasteiger partial charge in [0.2, 0.25) is 0 Å². The first kappa shape index (κ1) is 14.7. The standard InChI is InChI=1S/C11H17N2O4PS/c1-8-4-6-11(7-5-8)19(16,17)13-10(3)9(2)12-18(13,14)15/h4-7,9-10H,1-3H3,(H2,12,14,15). The van der Waals surface area contributed by atoms with Crippen LogP contribution in [-0.4, -0.2) is 29.5 Å². The molecule has 0 aromatic heterocycles. The molecule has 1 saturated heterocycles. The molecule has 1 aromatic rings. The highest BCUT2D eigenvalue weighted by Gasteiger charge is 2.50. The fourth-order valence-electron chi connectivity index (χ4n) is 2.05. The van der Waals surface area contributed by atoms with Crippen molar-refractivity contribution in [3.05, 3.63) is 29.8 Å². The molecule has 8 heteroatoms. The van der Waals surface area contributed by atoms with E-state index in [2.05, 4.69) is 5.09 Å². The lowest BCUT2D eigenvalue weighted by Gasteiger charge is -2.22. The van der Waals surface area contributed by atoms with Crippen LogP contribution in [0.5, 0.6) is 0 Å². The van der Waals surface area contributed by atoms with Crippen molar-refractivity contribution in [2.75, 3.05) is 0 Å². The van der Waals surface area contributed by atoms with Crippen molar-refractivity contribution in [3.8, 4) is 0 Å². The van der Waals surface area contributed by atoms with Crippen LogP contribution >= 0.6 is 7.67 Å². The predicted octanol–water partition coefficient (Wildman–Crippen LogP) is 1.47. The first-order chi connectivity index (χ1) is 8.66. The van der Waals surface area contributed by atoms with Gasteiger partial charge in [-0.1, -0.05) is 17.7 Å². The molecule has 3 atom stereocenters. The predicted molar refractivity (Wildman–Crippen MR) is 72.1 cm³/mol. The summed E-state index contributed by atoms with van der Waals surface area (Å²) in [5.41, 5.74) is 0.923. The summed E-state index contributed by atoms with van der Waals surface area (Å²) in [6, 6.07) is 5.25. The van der Waals surface area contributed by atoms with Crippen molar-refractivity contribution in [1.29, 1.82) is 0 Å². The molecule has 1 aliphatic rings. The van der Waals surface area contributed by atoms with Gasteiger partial charge in [0.05, 0.1) is 4.90 Å². The maximum atomic E-state index is 12.5. The molecule has 0 spiro atoms. The van der Waals surface area contributed by atoms with E-state index in [-0.39, 0.29) is 10.9 Å². The molecule has 6 nitrogen and oxygen atoms in total. The quantitative estimate of drug-likeness (QED) is 0.808. The second kappa shape index (κ2) is 4.68. The lowest BCUT2D eigenvalue weighted by Crippen LogP contribution is -2.35. The van der Waals surface area contributed by atoms with Gasteiger partial charge in [-0.25, -0.2) is 13.5 Å². The molecule has 2 N–H and O–H groups in total. The van der Waals surface area contributed by atoms with Crippen LogP contribution in [0.3, 0.4) is 0 Å². The maximum Gasteiger partial charge on any atom is 0.355 e. The fourth-order valence-corrected chi connectivity index (χ4v) is 6.51. The number of sulfonamides is 1. The van der Waals surface area contributed by atoms with Gasteiger partial charge in [0.1, 0.15) is 0 Å². The van der Waals surface area contributed by atoms with Gasteiger partial charge >= 0.3 is 7.67 Å². The lowest BCUT2D eigenvalue weighted by molar-refractivity contribution is 0.402. The molecule has 0 amide bonds. The smallest absolute Gasteiger partial charge is 0.321 e. The van der Waals surface area contributed by atoms with E-state index >= 15 is 0 Å². The summed E-state index contributed by atoms with van der Waals surface area (Å²) in [5.74, 6) is 0. The zero-order valence-corrected chi connectivity index (χ0v) is 12.6. The van der Waals surface area contributed by atoms with Gasteiger partial charge < -0.3 is 4.89 Å². The average molecular weight is 304 g/mol. The van der Waals surface area contributed by atoms with Crippen LogP contribution in [0.15, 0.2) is 29.2 Å². The van der Waals surface area contributed by atoms with Crippen molar-refractivity contribution in [2.45, 2.75) is 37.8 Å². The number of nitrogens with one attached hydrogen (secondary N) is 1. The van der Waals surface area contributed by atoms with Crippen LogP contribution in [0.2, 0.25) is 0 Å². The number of hydrogen-bond donors (Lipinski definition) is 2. The van der Waals surface area contributed by atoms with Crippen molar-refractivity contribution in [2.24, 2.45) is 0 Å². The van der Waals surface area contributed by atoms with Crippen molar-refractivity contribution < 1.29 is 17.9 Å². The first-order valence-corrected chi connectivity index (χ1v) is 8.93. The summed E-state index contributed by atoms with van der Waals surface area (Å²) >= 11 is 0. The highest BCUT2D eigenvalue weighted by atomic mass is 32.2. The monoisotopic (exact) mass is 304 g/mol. The SMILES string of the molecule is Cc1ccc(S(=O)(=O)N2C(C)C(C)NP2(=O)O)cc1. The van der Waals surface area contributed by atoms with Crippen molar-refractivity contribution in [1.82, 2.24) is 9.16 Å². The molecule has 0 radical (unpaired) electrons. The topological polar surface area (TPSA) is 86.7 Å². The summed E-state index contributed by atoms with van der Waals surface area (Å²) < 4.78 is 37.7. The van der Waals surface area contributed by atoms with E-state index in [0.717, 1.165) is 5.56 Å². The summed E-state index contributed by atoms with van der Waals surface area (Å²) in [5, 5.41) is 2.44. The van der Waals surface area contributed by atoms with Crippen LogP contribution in [0.4, 0.5) is 0 Å². The minimum Gasteiger partial charge on any atom is -0.321 e. The molecule has 1 aromatic carbocycles. The van der Waals surface area contributed by atoms with E-state index in [1.54, 1.807) is 26.0 Å². The highest BCUT2D eigenvalue weighted by Crippen LogP contribution is 2.52. The molecule has 1 aliphatic heterocycles. The summed E-state index contributed by atoms with van der Waals surface area (Å²) in [6.45, 7) is 5.13. The maximum absolute atomic E-state index is 12.5. The van der Waals surface area contributed by atoms with E-state index in [1.807, 2.05) is 6.92 Å². The molecule has 2 rings (SSSR count). The zero-order valence-electron chi connectivity index (χ0n) is 10.9. The largest absolute Gasteiger partial charge is 0.355 e. The minimum absolute atomic E-state index is 0.0233. The van der Waals surface area contributed by atoms with Crippen LogP contribution in [0, 0.1) is 6.92 Å². The van der Waals surface area contributed by atoms with Gasteiger partial charge in [-0.2, -0.15) is 0 Å². The van der Waals surface area contributed by atoms with Crippen molar-refractivity contribution >= 4 is 17.7 Å². The number of aryl methyl sites for hydroxylation is 1. The zero-order chi connectivity index (χ0) is 14.4. The molecule has 1 fully saturated rings. The molecule has 3 unspecified atom stereocenters. The third-order valence-electron chi connectivity index (χ3n) is 3.28. The average Bonchev–Trinajstić information content (AvgIpc) is 2.48. The Bertz CT molecular complexity index is 629. The number of benzene rings is 1. The van der Waals surface area contributed by atoms with Gasteiger partial charge in [-0.3, -0.25) is 4.57 Å². The Hall–Kier alpha value is -0.720. The summed E-state index contributed by atoms with van der Waals surface area (Å²) in [6.07, 6.45) is 0. The lowest BCUT2D eigenvalue weighted by atomic mass is 10.2. The van der Waals surface area contributed by atoms with Gasteiger partial charge in [0.15, 0.2) is 0 Å². The molecule has 0 saturated carbocycles. The van der Waals surface area contributed by atoms with E-state index in [4.69, 9.17) is 0 Å². The second-order valence-corrected chi connectivity index (χ2v) is 8.66. The molecule has 0 aliphatic carbocycles. The molecule has 19 heavy (non-hydrogen) atoms. The molecule has 106 valence electrons. The third-order valence-corrected chi connectivity index (χ3v) is 7.92. The fraction of sp³-hybridized carbons (Fsp3) is 0.455. The number of nitrogens with zero attached hydrogens (tertiary/aromatic N) is 1. The van der Waals surface area contributed by atoms with Gasteiger partial charge in [-0.15, -0.1) is 4.08 Å². The Labute approximate surface area is 113 Å². The molecular formula is C11H17N2O4PS. The van der Waals surface area contributed by atoms with Crippen LogP contribution in [0.1, 0.15) is 19.4 Å². The summed E-state index contributed by atoms with van der Waals surface area (Å²) in [7, 11) is -8.06. The summed E-state index contributed by atoms with van der Waals surface area (Å²) in [4.78, 5) is 9.86. The van der Waals surface area contributed by atoms with Crippen molar-refractivity contribution in [3.63, 3.8) is 0 Å². The first-order valence-electron chi connectivity index (χ1n) is 5.88. The highest BCUT2D eigenvalue weighted by molar-refractivity contribution is 7.94. The van der Waals surface area contributed by atoms with E-state index in [9.17, 15) is 17.9 Å².